The molecule has 0 radical (unpaired) electrons. The number of aliphatic carboxylic acids is 1. The summed E-state index contributed by atoms with van der Waals surface area (Å²) in [5.74, 6) is -1.08. The number of rotatable bonds is 7. The maximum atomic E-state index is 13.9. The van der Waals surface area contributed by atoms with E-state index < -0.39 is 11.9 Å². The van der Waals surface area contributed by atoms with Gasteiger partial charge in [0, 0.05) is 30.1 Å². The van der Waals surface area contributed by atoms with Gasteiger partial charge in [0.15, 0.2) is 0 Å². The molecule has 4 heterocycles. The SMILES string of the molecule is Cc1nc(C)c(-c2ccc3cc(-c4c(C5CCCCC5)cc(C5CC=CCC5C(=O)O)n4CC(=O)N4CCOCC4)ccc3n2)s1. The topological polar surface area (TPSA) is 97.5 Å². The Kier molecular flexibility index (Phi) is 8.79. The summed E-state index contributed by atoms with van der Waals surface area (Å²) in [5.41, 5.74) is 7.17. The predicted octanol–water partition coefficient (Wildman–Crippen LogP) is 7.48. The number of benzene rings is 1. The zero-order valence-corrected chi connectivity index (χ0v) is 27.5. The molecule has 46 heavy (non-hydrogen) atoms. The Hall–Kier alpha value is -3.82. The van der Waals surface area contributed by atoms with Crippen LogP contribution in [0.5, 0.6) is 0 Å². The number of fused-ring (bicyclic) bond motifs is 1. The lowest BCUT2D eigenvalue weighted by molar-refractivity contribution is -0.142. The van der Waals surface area contributed by atoms with E-state index in [1.165, 1.54) is 24.8 Å². The van der Waals surface area contributed by atoms with Crippen molar-refractivity contribution < 1.29 is 19.4 Å². The fourth-order valence-electron chi connectivity index (χ4n) is 7.75. The molecule has 1 saturated heterocycles. The number of ether oxygens (including phenoxy) is 1. The fourth-order valence-corrected chi connectivity index (χ4v) is 8.64. The highest BCUT2D eigenvalue weighted by Gasteiger charge is 2.36. The summed E-state index contributed by atoms with van der Waals surface area (Å²) in [6.07, 6.45) is 11.1. The van der Waals surface area contributed by atoms with Gasteiger partial charge in [0.1, 0.15) is 6.54 Å². The van der Waals surface area contributed by atoms with E-state index in [1.807, 2.05) is 24.8 Å². The Balaban J connectivity index is 1.38. The number of allylic oxidation sites excluding steroid dienone is 2. The monoisotopic (exact) mass is 638 g/mol. The van der Waals surface area contributed by atoms with Gasteiger partial charge in [-0.2, -0.15) is 0 Å². The van der Waals surface area contributed by atoms with Gasteiger partial charge in [-0.15, -0.1) is 11.3 Å². The molecule has 240 valence electrons. The number of hydrogen-bond donors (Lipinski definition) is 1. The van der Waals surface area contributed by atoms with Crippen molar-refractivity contribution in [3.63, 3.8) is 0 Å². The van der Waals surface area contributed by atoms with Gasteiger partial charge < -0.3 is 19.3 Å². The van der Waals surface area contributed by atoms with E-state index in [9.17, 15) is 14.7 Å². The van der Waals surface area contributed by atoms with Crippen molar-refractivity contribution >= 4 is 34.1 Å². The van der Waals surface area contributed by atoms with E-state index in [0.717, 1.165) is 62.0 Å². The molecule has 7 rings (SSSR count). The molecule has 3 aromatic heterocycles. The number of carboxylic acid groups (broad SMARTS) is 1. The van der Waals surface area contributed by atoms with Crippen LogP contribution in [0.3, 0.4) is 0 Å². The summed E-state index contributed by atoms with van der Waals surface area (Å²) in [6, 6.07) is 12.9. The van der Waals surface area contributed by atoms with Crippen LogP contribution < -0.4 is 0 Å². The first-order chi connectivity index (χ1) is 22.4. The number of thiazole rings is 1. The number of carboxylic acids is 1. The molecule has 2 aliphatic carbocycles. The Morgan fingerprint density at radius 2 is 1.76 bits per heavy atom. The second-order valence-corrected chi connectivity index (χ2v) is 14.2. The van der Waals surface area contributed by atoms with Crippen LogP contribution in [0.4, 0.5) is 0 Å². The Morgan fingerprint density at radius 1 is 0.978 bits per heavy atom. The van der Waals surface area contributed by atoms with Gasteiger partial charge in [0.2, 0.25) is 5.91 Å². The van der Waals surface area contributed by atoms with Crippen molar-refractivity contribution in [1.29, 1.82) is 0 Å². The van der Waals surface area contributed by atoms with Crippen LogP contribution in [0.1, 0.15) is 78.7 Å². The van der Waals surface area contributed by atoms with Gasteiger partial charge in [-0.25, -0.2) is 9.97 Å². The number of nitrogens with zero attached hydrogens (tertiary/aromatic N) is 4. The zero-order chi connectivity index (χ0) is 31.8. The average Bonchev–Trinajstić information content (AvgIpc) is 3.63. The lowest BCUT2D eigenvalue weighted by atomic mass is 9.79. The van der Waals surface area contributed by atoms with Crippen molar-refractivity contribution in [3.8, 4) is 21.8 Å². The Labute approximate surface area is 274 Å². The van der Waals surface area contributed by atoms with Gasteiger partial charge in [-0.1, -0.05) is 43.5 Å². The van der Waals surface area contributed by atoms with Crippen molar-refractivity contribution in [2.45, 2.75) is 77.2 Å². The third-order valence-electron chi connectivity index (χ3n) is 10.1. The van der Waals surface area contributed by atoms with Crippen molar-refractivity contribution in [1.82, 2.24) is 19.4 Å². The molecule has 1 aliphatic heterocycles. The molecule has 4 aromatic rings. The molecule has 1 N–H and O–H groups in total. The van der Waals surface area contributed by atoms with Crippen LogP contribution in [-0.2, 0) is 20.9 Å². The van der Waals surface area contributed by atoms with Gasteiger partial charge >= 0.3 is 5.97 Å². The van der Waals surface area contributed by atoms with Crippen molar-refractivity contribution in [2.24, 2.45) is 5.92 Å². The summed E-state index contributed by atoms with van der Waals surface area (Å²) < 4.78 is 7.73. The van der Waals surface area contributed by atoms with Gasteiger partial charge in [0.25, 0.3) is 0 Å². The van der Waals surface area contributed by atoms with E-state index in [4.69, 9.17) is 9.72 Å². The van der Waals surface area contributed by atoms with Crippen LogP contribution in [0.2, 0.25) is 0 Å². The van der Waals surface area contributed by atoms with E-state index in [2.05, 4.69) is 52.0 Å². The van der Waals surface area contributed by atoms with Gasteiger partial charge in [-0.05, 0) is 80.8 Å². The van der Waals surface area contributed by atoms with Crippen LogP contribution in [0.15, 0.2) is 48.6 Å². The number of hydrogen-bond acceptors (Lipinski definition) is 6. The zero-order valence-electron chi connectivity index (χ0n) is 26.7. The molecule has 9 heteroatoms. The number of carbonyl (C=O) groups excluding carboxylic acids is 1. The molecular formula is C37H42N4O4S. The molecule has 1 amide bonds. The molecule has 2 fully saturated rings. The summed E-state index contributed by atoms with van der Waals surface area (Å²) in [5, 5.41) is 12.4. The lowest BCUT2D eigenvalue weighted by Gasteiger charge is -2.30. The van der Waals surface area contributed by atoms with Crippen LogP contribution >= 0.6 is 11.3 Å². The molecule has 1 aromatic carbocycles. The number of carbonyl (C=O) groups is 2. The first kappa shape index (κ1) is 30.8. The molecular weight excluding hydrogens is 596 g/mol. The number of aromatic nitrogens is 3. The first-order valence-corrected chi connectivity index (χ1v) is 17.5. The number of amides is 1. The van der Waals surface area contributed by atoms with Crippen molar-refractivity contribution in [2.75, 3.05) is 26.3 Å². The highest BCUT2D eigenvalue weighted by Crippen LogP contribution is 2.45. The highest BCUT2D eigenvalue weighted by molar-refractivity contribution is 7.15. The molecule has 1 saturated carbocycles. The largest absolute Gasteiger partial charge is 0.481 e. The van der Waals surface area contributed by atoms with Gasteiger partial charge in [0.05, 0.1) is 51.6 Å². The second kappa shape index (κ2) is 13.1. The maximum Gasteiger partial charge on any atom is 0.307 e. The van der Waals surface area contributed by atoms with E-state index in [-0.39, 0.29) is 18.4 Å². The Bertz CT molecular complexity index is 1790. The molecule has 0 bridgehead atoms. The summed E-state index contributed by atoms with van der Waals surface area (Å²) in [7, 11) is 0. The van der Waals surface area contributed by atoms with Crippen LogP contribution in [-0.4, -0.2) is 62.7 Å². The average molecular weight is 639 g/mol. The minimum absolute atomic E-state index is 0.0529. The molecule has 3 aliphatic rings. The molecule has 2 atom stereocenters. The normalized spacial score (nSPS) is 20.8. The number of morpholine rings is 1. The van der Waals surface area contributed by atoms with Crippen LogP contribution in [0.25, 0.3) is 32.7 Å². The lowest BCUT2D eigenvalue weighted by Crippen LogP contribution is -2.42. The maximum absolute atomic E-state index is 13.9. The minimum Gasteiger partial charge on any atom is -0.481 e. The quantitative estimate of drug-likeness (QED) is 0.211. The summed E-state index contributed by atoms with van der Waals surface area (Å²) in [4.78, 5) is 39.1. The third-order valence-corrected chi connectivity index (χ3v) is 11.2. The van der Waals surface area contributed by atoms with Crippen LogP contribution in [0, 0.1) is 19.8 Å². The summed E-state index contributed by atoms with van der Waals surface area (Å²) >= 11 is 1.66. The number of aryl methyl sites for hydroxylation is 2. The smallest absolute Gasteiger partial charge is 0.307 e. The van der Waals surface area contributed by atoms with E-state index in [0.29, 0.717) is 45.1 Å². The van der Waals surface area contributed by atoms with E-state index in [1.54, 1.807) is 11.3 Å². The second-order valence-electron chi connectivity index (χ2n) is 13.0. The number of pyridine rings is 1. The Morgan fingerprint density at radius 3 is 2.50 bits per heavy atom. The highest BCUT2D eigenvalue weighted by atomic mass is 32.1. The molecule has 2 unspecified atom stereocenters. The molecule has 8 nitrogen and oxygen atoms in total. The van der Waals surface area contributed by atoms with E-state index >= 15 is 0 Å². The predicted molar refractivity (Wildman–Crippen MR) is 181 cm³/mol. The fraction of sp³-hybridized carbons (Fsp3) is 0.459. The van der Waals surface area contributed by atoms with Crippen molar-refractivity contribution in [3.05, 3.63) is 70.5 Å². The van der Waals surface area contributed by atoms with Gasteiger partial charge in [-0.3, -0.25) is 9.59 Å². The first-order valence-electron chi connectivity index (χ1n) is 16.7. The molecule has 0 spiro atoms. The summed E-state index contributed by atoms with van der Waals surface area (Å²) in [6.45, 7) is 6.47. The minimum atomic E-state index is -0.777. The third kappa shape index (κ3) is 6.02. The standard InChI is InChI=1S/C37H42N4O4S/c1-23-36(46-24(2)38-23)32-15-12-26-20-27(13-14-31(26)39-32)35-30(25-8-4-3-5-9-25)21-33(28-10-6-7-11-29(28)37(43)44)41(35)22-34(42)40-16-18-45-19-17-40/h6-7,12-15,20-21,25,28-29H,3-5,8-11,16-19,22H2,1-2H3,(H,43,44).